The Bertz CT molecular complexity index is 651. The third-order valence-corrected chi connectivity index (χ3v) is 5.90. The van der Waals surface area contributed by atoms with Crippen LogP contribution in [0, 0.1) is 17.7 Å². The molecule has 5 nitrogen and oxygen atoms in total. The minimum atomic E-state index is -0.886. The summed E-state index contributed by atoms with van der Waals surface area (Å²) in [6.07, 6.45) is 4.54. The molecule has 3 rings (SSSR count). The third kappa shape index (κ3) is 3.90. The molecule has 1 aliphatic carbocycles. The van der Waals surface area contributed by atoms with E-state index in [0.29, 0.717) is 44.5 Å². The van der Waals surface area contributed by atoms with Gasteiger partial charge in [-0.1, -0.05) is 25.0 Å². The highest BCUT2D eigenvalue weighted by molar-refractivity contribution is 5.89. The van der Waals surface area contributed by atoms with Gasteiger partial charge in [0.1, 0.15) is 5.82 Å². The average Bonchev–Trinajstić information content (AvgIpc) is 3.13. The van der Waals surface area contributed by atoms with Gasteiger partial charge < -0.3 is 15.2 Å². The van der Waals surface area contributed by atoms with Gasteiger partial charge in [0.15, 0.2) is 0 Å². The Kier molecular flexibility index (Phi) is 5.91. The Morgan fingerprint density at radius 3 is 2.58 bits per heavy atom. The Hall–Kier alpha value is -1.95. The second kappa shape index (κ2) is 8.16. The molecule has 142 valence electrons. The molecule has 1 aromatic rings. The second-order valence-electron chi connectivity index (χ2n) is 7.40. The number of hydrogen-bond acceptors (Lipinski definition) is 3. The van der Waals surface area contributed by atoms with Crippen LogP contribution in [-0.4, -0.2) is 36.7 Å². The number of carboxylic acids is 1. The number of carboxylic acid groups (broad SMARTS) is 1. The zero-order valence-corrected chi connectivity index (χ0v) is 14.9. The average molecular weight is 363 g/mol. The first-order valence-corrected chi connectivity index (χ1v) is 9.38. The topological polar surface area (TPSA) is 75.6 Å². The van der Waals surface area contributed by atoms with E-state index in [1.165, 1.54) is 12.1 Å². The number of nitrogens with one attached hydrogen (secondary N) is 1. The molecule has 0 radical (unpaired) electrons. The zero-order valence-electron chi connectivity index (χ0n) is 14.9. The van der Waals surface area contributed by atoms with Crippen LogP contribution in [0.15, 0.2) is 24.3 Å². The lowest BCUT2D eigenvalue weighted by Gasteiger charge is -2.31. The molecule has 1 amide bonds. The van der Waals surface area contributed by atoms with Crippen LogP contribution in [0.25, 0.3) is 0 Å². The Morgan fingerprint density at radius 1 is 1.27 bits per heavy atom. The largest absolute Gasteiger partial charge is 0.481 e. The molecule has 1 atom stereocenters. The molecule has 1 saturated heterocycles. The van der Waals surface area contributed by atoms with Crippen molar-refractivity contribution in [3.05, 3.63) is 35.6 Å². The van der Waals surface area contributed by atoms with E-state index < -0.39 is 17.3 Å². The molecule has 0 spiro atoms. The predicted molar refractivity (Wildman–Crippen MR) is 94.2 cm³/mol. The summed E-state index contributed by atoms with van der Waals surface area (Å²) in [6, 6.07) is 6.22. The van der Waals surface area contributed by atoms with Crippen LogP contribution < -0.4 is 5.32 Å². The van der Waals surface area contributed by atoms with Gasteiger partial charge in [-0.2, -0.15) is 0 Å². The number of ether oxygens (including phenoxy) is 1. The molecule has 26 heavy (non-hydrogen) atoms. The zero-order chi connectivity index (χ0) is 18.6. The van der Waals surface area contributed by atoms with Crippen molar-refractivity contribution in [2.24, 2.45) is 11.8 Å². The molecule has 1 unspecified atom stereocenters. The SMILES string of the molecule is O=C(O)C(CNC(=O)C1(c2cccc(F)c2)CCCC1)C1CCOCC1. The fourth-order valence-corrected chi connectivity index (χ4v) is 4.36. The summed E-state index contributed by atoms with van der Waals surface area (Å²) in [5.74, 6) is -2.03. The van der Waals surface area contributed by atoms with Gasteiger partial charge in [0, 0.05) is 19.8 Å². The first kappa shape index (κ1) is 18.8. The van der Waals surface area contributed by atoms with Crippen molar-refractivity contribution < 1.29 is 23.8 Å². The quantitative estimate of drug-likeness (QED) is 0.815. The van der Waals surface area contributed by atoms with Crippen molar-refractivity contribution >= 4 is 11.9 Å². The maximum atomic E-state index is 13.7. The Morgan fingerprint density at radius 2 is 1.96 bits per heavy atom. The molecular formula is C20H26FNO4. The maximum absolute atomic E-state index is 13.7. The molecule has 1 aliphatic heterocycles. The van der Waals surface area contributed by atoms with Crippen LogP contribution >= 0.6 is 0 Å². The van der Waals surface area contributed by atoms with E-state index in [1.54, 1.807) is 12.1 Å². The lowest BCUT2D eigenvalue weighted by atomic mass is 9.77. The Balaban J connectivity index is 1.72. The molecule has 0 aromatic heterocycles. The lowest BCUT2D eigenvalue weighted by molar-refractivity contribution is -0.145. The molecule has 2 aliphatic rings. The van der Waals surface area contributed by atoms with Crippen molar-refractivity contribution in [3.8, 4) is 0 Å². The summed E-state index contributed by atoms with van der Waals surface area (Å²) in [6.45, 7) is 1.24. The first-order valence-electron chi connectivity index (χ1n) is 9.38. The van der Waals surface area contributed by atoms with Crippen molar-refractivity contribution in [2.45, 2.75) is 43.9 Å². The molecule has 1 saturated carbocycles. The van der Waals surface area contributed by atoms with E-state index in [4.69, 9.17) is 4.74 Å². The number of aliphatic carboxylic acids is 1. The number of carbonyl (C=O) groups is 2. The van der Waals surface area contributed by atoms with Crippen LogP contribution in [0.3, 0.4) is 0 Å². The third-order valence-electron chi connectivity index (χ3n) is 5.90. The van der Waals surface area contributed by atoms with Crippen molar-refractivity contribution in [1.82, 2.24) is 5.32 Å². The van der Waals surface area contributed by atoms with Crippen LogP contribution in [0.5, 0.6) is 0 Å². The van der Waals surface area contributed by atoms with Gasteiger partial charge >= 0.3 is 5.97 Å². The molecule has 2 N–H and O–H groups in total. The smallest absolute Gasteiger partial charge is 0.308 e. The fourth-order valence-electron chi connectivity index (χ4n) is 4.36. The monoisotopic (exact) mass is 363 g/mol. The minimum absolute atomic E-state index is 0.00949. The summed E-state index contributed by atoms with van der Waals surface area (Å²) < 4.78 is 19.0. The van der Waals surface area contributed by atoms with Gasteiger partial charge in [-0.3, -0.25) is 9.59 Å². The number of benzene rings is 1. The van der Waals surface area contributed by atoms with E-state index in [0.717, 1.165) is 12.8 Å². The van der Waals surface area contributed by atoms with Crippen molar-refractivity contribution in [2.75, 3.05) is 19.8 Å². The minimum Gasteiger partial charge on any atom is -0.481 e. The molecular weight excluding hydrogens is 337 g/mol. The van der Waals surface area contributed by atoms with E-state index in [-0.39, 0.29) is 24.2 Å². The van der Waals surface area contributed by atoms with Gasteiger partial charge in [0.25, 0.3) is 0 Å². The van der Waals surface area contributed by atoms with Gasteiger partial charge in [-0.25, -0.2) is 4.39 Å². The highest BCUT2D eigenvalue weighted by atomic mass is 19.1. The molecule has 1 heterocycles. The summed E-state index contributed by atoms with van der Waals surface area (Å²) in [4.78, 5) is 24.7. The van der Waals surface area contributed by atoms with Gasteiger partial charge in [0.2, 0.25) is 5.91 Å². The van der Waals surface area contributed by atoms with Gasteiger partial charge in [0.05, 0.1) is 11.3 Å². The number of carbonyl (C=O) groups excluding carboxylic acids is 1. The standard InChI is InChI=1S/C20H26FNO4/c21-16-5-3-4-15(12-16)20(8-1-2-9-20)19(25)22-13-17(18(23)24)14-6-10-26-11-7-14/h3-5,12,14,17H,1-2,6-11,13H2,(H,22,25)(H,23,24). The Labute approximate surface area is 152 Å². The number of rotatable bonds is 6. The van der Waals surface area contributed by atoms with Crippen molar-refractivity contribution in [3.63, 3.8) is 0 Å². The molecule has 2 fully saturated rings. The maximum Gasteiger partial charge on any atom is 0.308 e. The number of amides is 1. The van der Waals surface area contributed by atoms with E-state index >= 15 is 0 Å². The summed E-state index contributed by atoms with van der Waals surface area (Å²) in [7, 11) is 0. The summed E-state index contributed by atoms with van der Waals surface area (Å²) in [5.41, 5.74) is -0.0636. The van der Waals surface area contributed by atoms with E-state index in [2.05, 4.69) is 5.32 Å². The predicted octanol–water partition coefficient (Wildman–Crippen LogP) is 2.88. The molecule has 0 bridgehead atoms. The summed E-state index contributed by atoms with van der Waals surface area (Å²) >= 11 is 0. The van der Waals surface area contributed by atoms with Crippen LogP contribution in [0.2, 0.25) is 0 Å². The highest BCUT2D eigenvalue weighted by Gasteiger charge is 2.43. The van der Waals surface area contributed by atoms with Crippen LogP contribution in [0.4, 0.5) is 4.39 Å². The first-order chi connectivity index (χ1) is 12.5. The van der Waals surface area contributed by atoms with E-state index in [1.807, 2.05) is 0 Å². The van der Waals surface area contributed by atoms with Crippen LogP contribution in [-0.2, 0) is 19.7 Å². The number of hydrogen-bond donors (Lipinski definition) is 2. The van der Waals surface area contributed by atoms with Crippen molar-refractivity contribution in [1.29, 1.82) is 0 Å². The number of halogens is 1. The second-order valence-corrected chi connectivity index (χ2v) is 7.40. The highest BCUT2D eigenvalue weighted by Crippen LogP contribution is 2.41. The molecule has 1 aromatic carbocycles. The lowest BCUT2D eigenvalue weighted by Crippen LogP contribution is -2.46. The summed E-state index contributed by atoms with van der Waals surface area (Å²) in [5, 5.41) is 12.5. The van der Waals surface area contributed by atoms with Crippen LogP contribution in [0.1, 0.15) is 44.1 Å². The van der Waals surface area contributed by atoms with Gasteiger partial charge in [-0.15, -0.1) is 0 Å². The van der Waals surface area contributed by atoms with E-state index in [9.17, 15) is 19.1 Å². The fraction of sp³-hybridized carbons (Fsp3) is 0.600. The van der Waals surface area contributed by atoms with Gasteiger partial charge in [-0.05, 0) is 49.3 Å². The normalized spacial score (nSPS) is 21.3. The molecule has 6 heteroatoms.